The van der Waals surface area contributed by atoms with E-state index in [0.717, 1.165) is 6.54 Å². The van der Waals surface area contributed by atoms with Crippen LogP contribution in [-0.4, -0.2) is 40.8 Å². The second kappa shape index (κ2) is 4.31. The third kappa shape index (κ3) is 2.05. The number of hydrogen-bond donors (Lipinski definition) is 2. The molecule has 1 aromatic heterocycles. The van der Waals surface area contributed by atoms with Crippen LogP contribution in [0.2, 0.25) is 5.02 Å². The summed E-state index contributed by atoms with van der Waals surface area (Å²) in [6.07, 6.45) is 4.04. The zero-order chi connectivity index (χ0) is 11.8. The van der Waals surface area contributed by atoms with E-state index >= 15 is 0 Å². The summed E-state index contributed by atoms with van der Waals surface area (Å²) >= 11 is 5.95. The van der Waals surface area contributed by atoms with Gasteiger partial charge >= 0.3 is 0 Å². The van der Waals surface area contributed by atoms with Crippen LogP contribution in [0.1, 0.15) is 12.8 Å². The van der Waals surface area contributed by atoms with Crippen LogP contribution in [0, 0.1) is 5.92 Å². The lowest BCUT2D eigenvalue weighted by molar-refractivity contribution is 0.0975. The molecule has 2 N–H and O–H groups in total. The van der Waals surface area contributed by atoms with E-state index in [4.69, 9.17) is 11.6 Å². The summed E-state index contributed by atoms with van der Waals surface area (Å²) in [4.78, 5) is 13.8. The van der Waals surface area contributed by atoms with Crippen LogP contribution in [0.5, 0.6) is 0 Å². The molecule has 0 aromatic carbocycles. The Hall–Kier alpha value is -1.07. The minimum atomic E-state index is -0.335. The van der Waals surface area contributed by atoms with Gasteiger partial charge in [0.25, 0.3) is 5.56 Å². The third-order valence-electron chi connectivity index (χ3n) is 3.79. The largest absolute Gasteiger partial charge is 0.378 e. The monoisotopic (exact) mass is 254 g/mol. The van der Waals surface area contributed by atoms with Crippen LogP contribution in [0.15, 0.2) is 11.0 Å². The quantitative estimate of drug-likeness (QED) is 0.824. The third-order valence-corrected chi connectivity index (χ3v) is 4.17. The lowest BCUT2D eigenvalue weighted by Crippen LogP contribution is -2.53. The molecule has 92 valence electrons. The molecule has 6 heteroatoms. The Kier molecular flexibility index (Phi) is 2.80. The number of H-pyrrole nitrogens is 1. The fourth-order valence-electron chi connectivity index (χ4n) is 2.81. The molecule has 17 heavy (non-hydrogen) atoms. The summed E-state index contributed by atoms with van der Waals surface area (Å²) in [5, 5.41) is 9.67. The Bertz CT molecular complexity index is 467. The number of anilines is 1. The molecule has 3 aliphatic rings. The molecule has 4 rings (SSSR count). The van der Waals surface area contributed by atoms with Crippen molar-refractivity contribution in [1.82, 2.24) is 15.1 Å². The molecule has 0 saturated carbocycles. The highest BCUT2D eigenvalue weighted by Crippen LogP contribution is 2.30. The van der Waals surface area contributed by atoms with E-state index in [1.165, 1.54) is 25.9 Å². The van der Waals surface area contributed by atoms with E-state index in [9.17, 15) is 4.79 Å². The minimum Gasteiger partial charge on any atom is -0.378 e. The molecule has 1 atom stereocenters. The molecule has 5 nitrogen and oxygen atoms in total. The Morgan fingerprint density at radius 1 is 1.47 bits per heavy atom. The van der Waals surface area contributed by atoms with Gasteiger partial charge in [0.15, 0.2) is 0 Å². The fourth-order valence-corrected chi connectivity index (χ4v) is 2.96. The molecule has 1 aromatic rings. The van der Waals surface area contributed by atoms with E-state index in [0.29, 0.717) is 17.6 Å². The van der Waals surface area contributed by atoms with E-state index in [1.54, 1.807) is 6.20 Å². The van der Waals surface area contributed by atoms with Crippen LogP contribution in [0.3, 0.4) is 0 Å². The molecule has 4 heterocycles. The van der Waals surface area contributed by atoms with Crippen molar-refractivity contribution in [2.45, 2.75) is 18.9 Å². The maximum atomic E-state index is 11.3. The van der Waals surface area contributed by atoms with Crippen molar-refractivity contribution in [3.8, 4) is 0 Å². The standard InChI is InChI=1S/C11H15ClN4O/c12-10-8(5-13-15-11(10)17)14-9-6-16-3-1-7(9)2-4-16/h5,7,9H,1-4,6H2,(H2,14,15,17). The summed E-state index contributed by atoms with van der Waals surface area (Å²) in [6, 6.07) is 0.388. The van der Waals surface area contributed by atoms with Gasteiger partial charge in [-0.25, -0.2) is 5.10 Å². The van der Waals surface area contributed by atoms with Crippen molar-refractivity contribution in [3.63, 3.8) is 0 Å². The average molecular weight is 255 g/mol. The second-order valence-corrected chi connectivity index (χ2v) is 5.19. The molecule has 3 saturated heterocycles. The van der Waals surface area contributed by atoms with Crippen molar-refractivity contribution in [3.05, 3.63) is 21.6 Å². The number of aromatic nitrogens is 2. The van der Waals surface area contributed by atoms with Gasteiger partial charge in [0.1, 0.15) is 5.02 Å². The van der Waals surface area contributed by atoms with E-state index in [2.05, 4.69) is 20.4 Å². The SMILES string of the molecule is O=c1[nH]ncc(NC2CN3CCC2CC3)c1Cl. The molecular formula is C11H15ClN4O. The van der Waals surface area contributed by atoms with Gasteiger partial charge in [-0.2, -0.15) is 5.10 Å². The predicted octanol–water partition coefficient (Wildman–Crippen LogP) is 0.929. The van der Waals surface area contributed by atoms with Gasteiger partial charge in [0.05, 0.1) is 11.9 Å². The average Bonchev–Trinajstić information content (AvgIpc) is 2.36. The van der Waals surface area contributed by atoms with Gasteiger partial charge in [-0.1, -0.05) is 11.6 Å². The smallest absolute Gasteiger partial charge is 0.285 e. The van der Waals surface area contributed by atoms with E-state index in [1.807, 2.05) is 0 Å². The van der Waals surface area contributed by atoms with Crippen LogP contribution in [0.4, 0.5) is 5.69 Å². The van der Waals surface area contributed by atoms with Crippen LogP contribution < -0.4 is 10.9 Å². The summed E-state index contributed by atoms with van der Waals surface area (Å²) in [5.41, 5.74) is 0.312. The van der Waals surface area contributed by atoms with E-state index < -0.39 is 0 Å². The number of piperidine rings is 3. The minimum absolute atomic E-state index is 0.205. The topological polar surface area (TPSA) is 61.0 Å². The van der Waals surface area contributed by atoms with Crippen molar-refractivity contribution in [1.29, 1.82) is 0 Å². The first-order chi connectivity index (χ1) is 8.24. The highest BCUT2D eigenvalue weighted by molar-refractivity contribution is 6.32. The molecule has 3 fully saturated rings. The first-order valence-electron chi connectivity index (χ1n) is 5.96. The molecule has 0 radical (unpaired) electrons. The van der Waals surface area contributed by atoms with Gasteiger partial charge in [-0.3, -0.25) is 4.79 Å². The summed E-state index contributed by atoms with van der Waals surface area (Å²) < 4.78 is 0. The molecule has 0 spiro atoms. The lowest BCUT2D eigenvalue weighted by Gasteiger charge is -2.45. The van der Waals surface area contributed by atoms with Crippen molar-refractivity contribution < 1.29 is 0 Å². The Balaban J connectivity index is 1.79. The number of nitrogens with zero attached hydrogens (tertiary/aromatic N) is 2. The Morgan fingerprint density at radius 2 is 2.24 bits per heavy atom. The fraction of sp³-hybridized carbons (Fsp3) is 0.636. The zero-order valence-electron chi connectivity index (χ0n) is 9.45. The van der Waals surface area contributed by atoms with Crippen LogP contribution in [-0.2, 0) is 0 Å². The van der Waals surface area contributed by atoms with Gasteiger partial charge in [0.2, 0.25) is 0 Å². The van der Waals surface area contributed by atoms with Crippen molar-refractivity contribution in [2.75, 3.05) is 25.0 Å². The highest BCUT2D eigenvalue weighted by Gasteiger charge is 2.34. The number of aromatic amines is 1. The van der Waals surface area contributed by atoms with Gasteiger partial charge in [0, 0.05) is 12.6 Å². The van der Waals surface area contributed by atoms with Gasteiger partial charge < -0.3 is 10.2 Å². The molecule has 3 aliphatic heterocycles. The number of rotatable bonds is 2. The van der Waals surface area contributed by atoms with Gasteiger partial charge in [-0.05, 0) is 31.8 Å². The number of nitrogens with one attached hydrogen (secondary N) is 2. The van der Waals surface area contributed by atoms with Crippen molar-refractivity contribution in [2.24, 2.45) is 5.92 Å². The first-order valence-corrected chi connectivity index (χ1v) is 6.34. The van der Waals surface area contributed by atoms with E-state index in [-0.39, 0.29) is 10.6 Å². The van der Waals surface area contributed by atoms with Gasteiger partial charge in [-0.15, -0.1) is 0 Å². The number of halogens is 1. The predicted molar refractivity (Wildman–Crippen MR) is 66.4 cm³/mol. The Labute approximate surface area is 104 Å². The maximum Gasteiger partial charge on any atom is 0.285 e. The summed E-state index contributed by atoms with van der Waals surface area (Å²) in [7, 11) is 0. The van der Waals surface area contributed by atoms with Crippen molar-refractivity contribution >= 4 is 17.3 Å². The van der Waals surface area contributed by atoms with Crippen LogP contribution >= 0.6 is 11.6 Å². The highest BCUT2D eigenvalue weighted by atomic mass is 35.5. The first kappa shape index (κ1) is 11.0. The summed E-state index contributed by atoms with van der Waals surface area (Å²) in [5.74, 6) is 0.690. The number of fused-ring (bicyclic) bond motifs is 3. The molecule has 0 aliphatic carbocycles. The maximum absolute atomic E-state index is 11.3. The molecule has 2 bridgehead atoms. The Morgan fingerprint density at radius 3 is 2.88 bits per heavy atom. The number of hydrogen-bond acceptors (Lipinski definition) is 4. The normalized spacial score (nSPS) is 31.5. The second-order valence-electron chi connectivity index (χ2n) is 4.82. The lowest BCUT2D eigenvalue weighted by atomic mass is 9.84. The molecular weight excluding hydrogens is 240 g/mol. The molecule has 1 unspecified atom stereocenters. The molecule has 0 amide bonds. The zero-order valence-corrected chi connectivity index (χ0v) is 10.2. The van der Waals surface area contributed by atoms with Crippen LogP contribution in [0.25, 0.3) is 0 Å². The summed E-state index contributed by atoms with van der Waals surface area (Å²) in [6.45, 7) is 3.43.